The van der Waals surface area contributed by atoms with E-state index in [4.69, 9.17) is 0 Å². The lowest BCUT2D eigenvalue weighted by atomic mass is 10.2. The summed E-state index contributed by atoms with van der Waals surface area (Å²) in [4.78, 5) is 17.8. The molecule has 0 fully saturated rings. The fraction of sp³-hybridized carbons (Fsp3) is 0.263. The summed E-state index contributed by atoms with van der Waals surface area (Å²) in [5.74, 6) is 0.779. The van der Waals surface area contributed by atoms with Crippen LogP contribution in [-0.4, -0.2) is 22.5 Å². The number of aryl methyl sites for hydroxylation is 2. The van der Waals surface area contributed by atoms with Crippen molar-refractivity contribution in [3.05, 3.63) is 62.9 Å². The van der Waals surface area contributed by atoms with E-state index in [0.29, 0.717) is 5.56 Å². The summed E-state index contributed by atoms with van der Waals surface area (Å²) < 4.78 is 4.22. The highest BCUT2D eigenvalue weighted by atomic mass is 79.9. The number of hydrogen-bond donors (Lipinski definition) is 0. The first-order valence-corrected chi connectivity index (χ1v) is 11.1. The van der Waals surface area contributed by atoms with E-state index in [0.717, 1.165) is 33.5 Å². The summed E-state index contributed by atoms with van der Waals surface area (Å²) in [6.45, 7) is 3.00. The van der Waals surface area contributed by atoms with E-state index in [1.54, 1.807) is 35.2 Å². The molecule has 3 rings (SSSR count). The molecule has 0 radical (unpaired) electrons. The fourth-order valence-electron chi connectivity index (χ4n) is 2.59. The van der Waals surface area contributed by atoms with Crippen LogP contribution in [0.25, 0.3) is 10.2 Å². The van der Waals surface area contributed by atoms with Crippen molar-refractivity contribution in [3.8, 4) is 0 Å². The Bertz CT molecular complexity index is 975. The van der Waals surface area contributed by atoms with Crippen molar-refractivity contribution in [1.82, 2.24) is 4.57 Å². The maximum absolute atomic E-state index is 12.6. The summed E-state index contributed by atoms with van der Waals surface area (Å²) in [6.07, 6.45) is 3.09. The van der Waals surface area contributed by atoms with Gasteiger partial charge in [0.25, 0.3) is 5.91 Å². The van der Waals surface area contributed by atoms with Crippen LogP contribution in [0.2, 0.25) is 0 Å². The van der Waals surface area contributed by atoms with Crippen molar-refractivity contribution in [1.29, 1.82) is 0 Å². The predicted octanol–water partition coefficient (Wildman–Crippen LogP) is 5.13. The van der Waals surface area contributed by atoms with E-state index in [2.05, 4.69) is 56.9 Å². The zero-order valence-corrected chi connectivity index (χ0v) is 17.4. The first-order valence-electron chi connectivity index (χ1n) is 8.08. The van der Waals surface area contributed by atoms with Crippen LogP contribution in [0.1, 0.15) is 22.8 Å². The van der Waals surface area contributed by atoms with E-state index in [1.807, 2.05) is 12.1 Å². The fourth-order valence-corrected chi connectivity index (χ4v) is 4.48. The summed E-state index contributed by atoms with van der Waals surface area (Å²) >= 11 is 6.79. The number of thiazole rings is 1. The van der Waals surface area contributed by atoms with Crippen LogP contribution in [0.15, 0.2) is 51.9 Å². The Kier molecular flexibility index (Phi) is 6.15. The van der Waals surface area contributed by atoms with Crippen molar-refractivity contribution in [2.75, 3.05) is 12.0 Å². The molecule has 1 aromatic heterocycles. The van der Waals surface area contributed by atoms with Gasteiger partial charge in [-0.05, 0) is 48.6 Å². The van der Waals surface area contributed by atoms with Crippen molar-refractivity contribution in [2.24, 2.45) is 4.99 Å². The SMILES string of the molecule is CCc1ccc2c(c1)sc(=NC(=O)c1cccc(Br)c1)n2CCSC. The molecule has 1 heterocycles. The summed E-state index contributed by atoms with van der Waals surface area (Å²) in [7, 11) is 0. The standard InChI is InChI=1S/C19H19BrN2OS2/c1-3-13-7-8-16-17(11-13)25-19(22(16)9-10-24-2)21-18(23)14-5-4-6-15(20)12-14/h4-8,11-12H,3,9-10H2,1-2H3. The Hall–Kier alpha value is -1.37. The molecule has 3 aromatic rings. The number of thioether (sulfide) groups is 1. The van der Waals surface area contributed by atoms with Gasteiger partial charge in [-0.3, -0.25) is 4.79 Å². The summed E-state index contributed by atoms with van der Waals surface area (Å²) in [5, 5.41) is 0. The Morgan fingerprint density at radius 1 is 1.28 bits per heavy atom. The number of carbonyl (C=O) groups excluding carboxylic acids is 1. The Morgan fingerprint density at radius 3 is 2.84 bits per heavy atom. The highest BCUT2D eigenvalue weighted by Crippen LogP contribution is 2.20. The van der Waals surface area contributed by atoms with Gasteiger partial charge in [0.2, 0.25) is 0 Å². The Balaban J connectivity index is 2.11. The minimum Gasteiger partial charge on any atom is -0.316 e. The second-order valence-electron chi connectivity index (χ2n) is 5.61. The summed E-state index contributed by atoms with van der Waals surface area (Å²) in [6, 6.07) is 13.9. The molecule has 0 spiro atoms. The molecular weight excluding hydrogens is 416 g/mol. The molecule has 0 atom stereocenters. The third-order valence-electron chi connectivity index (χ3n) is 3.94. The monoisotopic (exact) mass is 434 g/mol. The molecule has 0 aliphatic carbocycles. The molecule has 130 valence electrons. The molecule has 0 aliphatic heterocycles. The number of rotatable bonds is 5. The van der Waals surface area contributed by atoms with Crippen molar-refractivity contribution in [3.63, 3.8) is 0 Å². The lowest BCUT2D eigenvalue weighted by Gasteiger charge is -2.04. The highest BCUT2D eigenvalue weighted by molar-refractivity contribution is 9.10. The van der Waals surface area contributed by atoms with Crippen LogP contribution in [0.3, 0.4) is 0 Å². The second-order valence-corrected chi connectivity index (χ2v) is 8.52. The van der Waals surface area contributed by atoms with E-state index < -0.39 is 0 Å². The molecule has 3 nitrogen and oxygen atoms in total. The zero-order chi connectivity index (χ0) is 17.8. The Morgan fingerprint density at radius 2 is 2.12 bits per heavy atom. The number of amides is 1. The minimum absolute atomic E-state index is 0.207. The van der Waals surface area contributed by atoms with Crippen LogP contribution in [0.5, 0.6) is 0 Å². The number of hydrogen-bond acceptors (Lipinski definition) is 3. The van der Waals surface area contributed by atoms with Gasteiger partial charge in [0.1, 0.15) is 0 Å². The third kappa shape index (κ3) is 4.25. The molecule has 25 heavy (non-hydrogen) atoms. The molecule has 0 N–H and O–H groups in total. The number of benzene rings is 2. The largest absolute Gasteiger partial charge is 0.316 e. The predicted molar refractivity (Wildman–Crippen MR) is 112 cm³/mol. The van der Waals surface area contributed by atoms with E-state index >= 15 is 0 Å². The molecular formula is C19H19BrN2OS2. The smallest absolute Gasteiger partial charge is 0.279 e. The minimum atomic E-state index is -0.207. The highest BCUT2D eigenvalue weighted by Gasteiger charge is 2.10. The number of carbonyl (C=O) groups is 1. The van der Waals surface area contributed by atoms with Gasteiger partial charge in [-0.2, -0.15) is 16.8 Å². The molecule has 0 bridgehead atoms. The van der Waals surface area contributed by atoms with Crippen LogP contribution in [0, 0.1) is 0 Å². The molecule has 1 amide bonds. The molecule has 0 aliphatic rings. The Labute approximate surface area is 163 Å². The van der Waals surface area contributed by atoms with Gasteiger partial charge in [0.05, 0.1) is 10.2 Å². The maximum Gasteiger partial charge on any atom is 0.279 e. The molecule has 0 saturated carbocycles. The van der Waals surface area contributed by atoms with E-state index in [1.165, 1.54) is 10.3 Å². The summed E-state index contributed by atoms with van der Waals surface area (Å²) in [5.41, 5.74) is 3.05. The first-order chi connectivity index (χ1) is 12.1. The third-order valence-corrected chi connectivity index (χ3v) is 6.07. The lowest BCUT2D eigenvalue weighted by Crippen LogP contribution is -2.18. The van der Waals surface area contributed by atoms with Gasteiger partial charge < -0.3 is 4.57 Å². The van der Waals surface area contributed by atoms with Gasteiger partial charge in [-0.15, -0.1) is 0 Å². The lowest BCUT2D eigenvalue weighted by molar-refractivity contribution is 0.0998. The van der Waals surface area contributed by atoms with Gasteiger partial charge >= 0.3 is 0 Å². The average molecular weight is 435 g/mol. The molecule has 2 aromatic carbocycles. The second kappa shape index (κ2) is 8.34. The average Bonchev–Trinajstić information content (AvgIpc) is 2.95. The number of halogens is 1. The molecule has 6 heteroatoms. The molecule has 0 unspecified atom stereocenters. The van der Waals surface area contributed by atoms with Crippen LogP contribution < -0.4 is 4.80 Å². The number of fused-ring (bicyclic) bond motifs is 1. The quantitative estimate of drug-likeness (QED) is 0.557. The van der Waals surface area contributed by atoms with Gasteiger partial charge in [0.15, 0.2) is 4.80 Å². The molecule has 0 saturated heterocycles. The van der Waals surface area contributed by atoms with Crippen LogP contribution in [0.4, 0.5) is 0 Å². The van der Waals surface area contributed by atoms with Crippen molar-refractivity contribution >= 4 is 55.2 Å². The first kappa shape index (κ1) is 18.4. The van der Waals surface area contributed by atoms with Gasteiger partial charge in [-0.1, -0.05) is 46.3 Å². The number of nitrogens with zero attached hydrogens (tertiary/aromatic N) is 2. The van der Waals surface area contributed by atoms with Crippen LogP contribution in [-0.2, 0) is 13.0 Å². The van der Waals surface area contributed by atoms with E-state index in [-0.39, 0.29) is 5.91 Å². The van der Waals surface area contributed by atoms with Crippen molar-refractivity contribution < 1.29 is 4.79 Å². The number of aromatic nitrogens is 1. The van der Waals surface area contributed by atoms with Crippen LogP contribution >= 0.6 is 39.0 Å². The zero-order valence-electron chi connectivity index (χ0n) is 14.2. The van der Waals surface area contributed by atoms with Crippen molar-refractivity contribution in [2.45, 2.75) is 19.9 Å². The topological polar surface area (TPSA) is 34.4 Å². The van der Waals surface area contributed by atoms with E-state index in [9.17, 15) is 4.79 Å². The maximum atomic E-state index is 12.6. The normalized spacial score (nSPS) is 12.0. The van der Waals surface area contributed by atoms with Gasteiger partial charge in [0, 0.05) is 22.3 Å². The van der Waals surface area contributed by atoms with Gasteiger partial charge in [-0.25, -0.2) is 0 Å².